The Morgan fingerprint density at radius 3 is 2.42 bits per heavy atom. The first-order valence-electron chi connectivity index (χ1n) is 6.89. The lowest BCUT2D eigenvalue weighted by atomic mass is 10.2. The van der Waals surface area contributed by atoms with Gasteiger partial charge in [-0.3, -0.25) is 9.59 Å². The van der Waals surface area contributed by atoms with Crippen LogP contribution in [0.1, 0.15) is 22.5 Å². The van der Waals surface area contributed by atoms with Crippen LogP contribution >= 0.6 is 0 Å². The van der Waals surface area contributed by atoms with Crippen LogP contribution in [0.4, 0.5) is 13.2 Å². The predicted molar refractivity (Wildman–Crippen MR) is 77.8 cm³/mol. The van der Waals surface area contributed by atoms with Crippen molar-refractivity contribution in [2.45, 2.75) is 12.6 Å². The number of carboxylic acids is 1. The van der Waals surface area contributed by atoms with Crippen LogP contribution in [-0.2, 0) is 11.0 Å². The summed E-state index contributed by atoms with van der Waals surface area (Å²) in [7, 11) is 1.24. The second kappa shape index (κ2) is 6.73. The third-order valence-electron chi connectivity index (χ3n) is 3.28. The molecule has 0 aliphatic heterocycles. The molecule has 0 saturated carbocycles. The molecule has 2 rings (SSSR count). The van der Waals surface area contributed by atoms with Crippen LogP contribution < -0.4 is 0 Å². The monoisotopic (exact) mass is 341 g/mol. The maximum absolute atomic E-state index is 13.4. The molecule has 0 atom stereocenters. The predicted octanol–water partition coefficient (Wildman–Crippen LogP) is 2.44. The van der Waals surface area contributed by atoms with Gasteiger partial charge in [0.1, 0.15) is 0 Å². The molecule has 0 bridgehead atoms. The topological polar surface area (TPSA) is 75.4 Å². The number of hydrogen-bond donors (Lipinski definition) is 1. The van der Waals surface area contributed by atoms with Crippen LogP contribution in [0.3, 0.4) is 0 Å². The summed E-state index contributed by atoms with van der Waals surface area (Å²) in [6, 6.07) is 7.62. The van der Waals surface area contributed by atoms with Crippen molar-refractivity contribution >= 4 is 11.9 Å². The number of carbonyl (C=O) groups is 2. The third-order valence-corrected chi connectivity index (χ3v) is 3.28. The minimum Gasteiger partial charge on any atom is -0.481 e. The lowest BCUT2D eigenvalue weighted by Gasteiger charge is -2.17. The van der Waals surface area contributed by atoms with E-state index in [1.54, 1.807) is 18.2 Å². The van der Waals surface area contributed by atoms with Gasteiger partial charge in [-0.15, -0.1) is 0 Å². The number of carboxylic acid groups (broad SMARTS) is 1. The van der Waals surface area contributed by atoms with Crippen LogP contribution in [-0.4, -0.2) is 45.3 Å². The zero-order valence-corrected chi connectivity index (χ0v) is 12.6. The molecular weight excluding hydrogens is 327 g/mol. The molecule has 0 spiro atoms. The Labute approximate surface area is 135 Å². The molecule has 1 aromatic carbocycles. The Hall–Kier alpha value is -2.84. The molecule has 1 heterocycles. The third kappa shape index (κ3) is 3.73. The summed E-state index contributed by atoms with van der Waals surface area (Å²) in [5.74, 6) is -2.09. The molecule has 128 valence electrons. The van der Waals surface area contributed by atoms with E-state index in [0.717, 1.165) is 11.1 Å². The fourth-order valence-electron chi connectivity index (χ4n) is 2.11. The highest BCUT2D eigenvalue weighted by Crippen LogP contribution is 2.34. The quantitative estimate of drug-likeness (QED) is 0.906. The van der Waals surface area contributed by atoms with Gasteiger partial charge >= 0.3 is 12.1 Å². The van der Waals surface area contributed by atoms with Crippen molar-refractivity contribution in [2.24, 2.45) is 0 Å². The second-order valence-electron chi connectivity index (χ2n) is 5.02. The minimum atomic E-state index is -4.80. The van der Waals surface area contributed by atoms with Crippen molar-refractivity contribution in [3.05, 3.63) is 47.8 Å². The Morgan fingerprint density at radius 1 is 1.25 bits per heavy atom. The maximum atomic E-state index is 13.4. The van der Waals surface area contributed by atoms with Crippen LogP contribution in [0.5, 0.6) is 0 Å². The molecule has 24 heavy (non-hydrogen) atoms. The maximum Gasteiger partial charge on any atom is 0.434 e. The normalized spacial score (nSPS) is 11.3. The molecule has 2 aromatic rings. The van der Waals surface area contributed by atoms with Crippen LogP contribution in [0.25, 0.3) is 5.69 Å². The Balaban J connectivity index is 2.43. The van der Waals surface area contributed by atoms with Gasteiger partial charge in [0.15, 0.2) is 5.69 Å². The summed E-state index contributed by atoms with van der Waals surface area (Å²) in [6.45, 7) is -0.206. The zero-order valence-electron chi connectivity index (χ0n) is 12.6. The number of para-hydroxylation sites is 1. The smallest absolute Gasteiger partial charge is 0.434 e. The van der Waals surface area contributed by atoms with Crippen molar-refractivity contribution in [1.82, 2.24) is 14.7 Å². The van der Waals surface area contributed by atoms with Gasteiger partial charge in [-0.1, -0.05) is 18.2 Å². The summed E-state index contributed by atoms with van der Waals surface area (Å²) >= 11 is 0. The molecule has 1 N–H and O–H groups in total. The van der Waals surface area contributed by atoms with Crippen molar-refractivity contribution < 1.29 is 27.9 Å². The summed E-state index contributed by atoms with van der Waals surface area (Å²) < 4.78 is 41.0. The first-order valence-corrected chi connectivity index (χ1v) is 6.89. The van der Waals surface area contributed by atoms with E-state index in [0.29, 0.717) is 4.68 Å². The number of aliphatic carboxylic acids is 1. The fraction of sp³-hybridized carbons (Fsp3) is 0.267. The average Bonchev–Trinajstić information content (AvgIpc) is 2.97. The number of hydrogen-bond acceptors (Lipinski definition) is 3. The van der Waals surface area contributed by atoms with Gasteiger partial charge in [0.2, 0.25) is 0 Å². The molecule has 6 nitrogen and oxygen atoms in total. The average molecular weight is 341 g/mol. The first-order chi connectivity index (χ1) is 11.2. The van der Waals surface area contributed by atoms with Crippen molar-refractivity contribution in [3.8, 4) is 5.69 Å². The Bertz CT molecular complexity index is 741. The number of benzene rings is 1. The van der Waals surface area contributed by atoms with Gasteiger partial charge in [-0.2, -0.15) is 18.3 Å². The molecular formula is C15H14F3N3O3. The SMILES string of the molecule is CN(CCC(=O)O)C(=O)c1cnn(-c2ccccc2)c1C(F)(F)F. The van der Waals surface area contributed by atoms with Crippen LogP contribution in [0.15, 0.2) is 36.5 Å². The van der Waals surface area contributed by atoms with Gasteiger partial charge in [0, 0.05) is 13.6 Å². The van der Waals surface area contributed by atoms with Gasteiger partial charge in [-0.05, 0) is 12.1 Å². The molecule has 0 aliphatic carbocycles. The highest BCUT2D eigenvalue weighted by molar-refractivity contribution is 5.95. The van der Waals surface area contributed by atoms with E-state index >= 15 is 0 Å². The largest absolute Gasteiger partial charge is 0.481 e. The summed E-state index contributed by atoms with van der Waals surface area (Å²) in [5.41, 5.74) is -1.66. The van der Waals surface area contributed by atoms with Crippen LogP contribution in [0.2, 0.25) is 0 Å². The highest BCUT2D eigenvalue weighted by atomic mass is 19.4. The number of rotatable bonds is 5. The molecule has 0 radical (unpaired) electrons. The van der Waals surface area contributed by atoms with Crippen LogP contribution in [0, 0.1) is 0 Å². The van der Waals surface area contributed by atoms with E-state index < -0.39 is 29.3 Å². The summed E-state index contributed by atoms with van der Waals surface area (Å²) in [4.78, 5) is 23.7. The van der Waals surface area contributed by atoms with Gasteiger partial charge in [0.05, 0.1) is 23.9 Å². The molecule has 9 heteroatoms. The number of aromatic nitrogens is 2. The lowest BCUT2D eigenvalue weighted by Crippen LogP contribution is -2.31. The second-order valence-corrected chi connectivity index (χ2v) is 5.02. The minimum absolute atomic E-state index is 0.164. The van der Waals surface area contributed by atoms with E-state index in [1.165, 1.54) is 19.2 Å². The molecule has 1 amide bonds. The molecule has 0 aliphatic rings. The Morgan fingerprint density at radius 2 is 1.88 bits per heavy atom. The Kier molecular flexibility index (Phi) is 4.91. The number of halogens is 3. The van der Waals surface area contributed by atoms with Gasteiger partial charge < -0.3 is 10.0 Å². The number of nitrogens with zero attached hydrogens (tertiary/aromatic N) is 3. The van der Waals surface area contributed by atoms with Gasteiger partial charge in [0.25, 0.3) is 5.91 Å². The zero-order chi connectivity index (χ0) is 17.9. The molecule has 0 saturated heterocycles. The molecule has 1 aromatic heterocycles. The van der Waals surface area contributed by atoms with Crippen molar-refractivity contribution in [1.29, 1.82) is 0 Å². The summed E-state index contributed by atoms with van der Waals surface area (Å²) in [5, 5.41) is 12.3. The number of alkyl halides is 3. The molecule has 0 unspecified atom stereocenters. The number of carbonyl (C=O) groups excluding carboxylic acids is 1. The van der Waals surface area contributed by atoms with E-state index in [1.807, 2.05) is 0 Å². The molecule has 0 fully saturated rings. The van der Waals surface area contributed by atoms with Crippen molar-refractivity contribution in [3.63, 3.8) is 0 Å². The van der Waals surface area contributed by atoms with Crippen molar-refractivity contribution in [2.75, 3.05) is 13.6 Å². The lowest BCUT2D eigenvalue weighted by molar-refractivity contribution is -0.143. The van der Waals surface area contributed by atoms with E-state index in [2.05, 4.69) is 5.10 Å². The number of amides is 1. The van der Waals surface area contributed by atoms with E-state index in [4.69, 9.17) is 5.11 Å². The van der Waals surface area contributed by atoms with Gasteiger partial charge in [-0.25, -0.2) is 4.68 Å². The van der Waals surface area contributed by atoms with E-state index in [9.17, 15) is 22.8 Å². The fourth-order valence-corrected chi connectivity index (χ4v) is 2.11. The standard InChI is InChI=1S/C15H14F3N3O3/c1-20(8-7-12(22)23)14(24)11-9-19-21(13(11)15(16,17)18)10-5-3-2-4-6-10/h2-6,9H,7-8H2,1H3,(H,22,23). The first kappa shape index (κ1) is 17.5. The summed E-state index contributed by atoms with van der Waals surface area (Å²) in [6.07, 6.45) is -4.32. The highest BCUT2D eigenvalue weighted by Gasteiger charge is 2.41. The van der Waals surface area contributed by atoms with E-state index in [-0.39, 0.29) is 18.7 Å².